The van der Waals surface area contributed by atoms with Gasteiger partial charge in [-0.25, -0.2) is 4.39 Å². The Hall–Kier alpha value is -4.20. The Balaban J connectivity index is 1.63. The molecule has 4 aromatic rings. The number of halogens is 1. The van der Waals surface area contributed by atoms with Crippen LogP contribution >= 0.6 is 0 Å². The highest BCUT2D eigenvalue weighted by Crippen LogP contribution is 2.22. The second kappa shape index (κ2) is 8.44. The Kier molecular flexibility index (Phi) is 5.38. The highest BCUT2D eigenvalue weighted by Gasteiger charge is 2.15. The number of amides is 1. The molecule has 0 atom stereocenters. The number of rotatable bonds is 6. The highest BCUT2D eigenvalue weighted by molar-refractivity contribution is 6.03. The lowest BCUT2D eigenvalue weighted by Crippen LogP contribution is -2.13. The molecule has 0 aliphatic heterocycles. The Labute approximate surface area is 172 Å². The van der Waals surface area contributed by atoms with Crippen LogP contribution in [0.1, 0.15) is 10.4 Å². The summed E-state index contributed by atoms with van der Waals surface area (Å²) in [5.74, 6) is 0.419. The lowest BCUT2D eigenvalue weighted by atomic mass is 10.2. The van der Waals surface area contributed by atoms with Crippen molar-refractivity contribution in [1.82, 2.24) is 14.8 Å². The SMILES string of the molecule is COc1ccc(Nc2nc(NC(=O)c3ccc(F)cc3)nn2-c2ccccc2)cc1. The quantitative estimate of drug-likeness (QED) is 0.498. The molecule has 0 aliphatic rings. The van der Waals surface area contributed by atoms with Gasteiger partial charge in [0, 0.05) is 11.3 Å². The maximum atomic E-state index is 13.1. The summed E-state index contributed by atoms with van der Waals surface area (Å²) in [4.78, 5) is 16.9. The first kappa shape index (κ1) is 19.1. The molecule has 3 aromatic carbocycles. The second-order valence-electron chi connectivity index (χ2n) is 6.32. The van der Waals surface area contributed by atoms with Gasteiger partial charge >= 0.3 is 0 Å². The number of hydrogen-bond acceptors (Lipinski definition) is 5. The van der Waals surface area contributed by atoms with E-state index < -0.39 is 11.7 Å². The third kappa shape index (κ3) is 4.27. The Morgan fingerprint density at radius 1 is 0.967 bits per heavy atom. The fourth-order valence-electron chi connectivity index (χ4n) is 2.77. The van der Waals surface area contributed by atoms with E-state index in [9.17, 15) is 9.18 Å². The van der Waals surface area contributed by atoms with Crippen LogP contribution in [-0.4, -0.2) is 27.8 Å². The lowest BCUT2D eigenvalue weighted by Gasteiger charge is -2.08. The number of aromatic nitrogens is 3. The largest absolute Gasteiger partial charge is 0.497 e. The summed E-state index contributed by atoms with van der Waals surface area (Å²) in [7, 11) is 1.60. The summed E-state index contributed by atoms with van der Waals surface area (Å²) in [6.07, 6.45) is 0. The number of nitrogens with one attached hydrogen (secondary N) is 2. The van der Waals surface area contributed by atoms with Crippen LogP contribution in [0.2, 0.25) is 0 Å². The molecule has 30 heavy (non-hydrogen) atoms. The van der Waals surface area contributed by atoms with Crippen LogP contribution in [0.15, 0.2) is 78.9 Å². The van der Waals surface area contributed by atoms with Gasteiger partial charge in [-0.2, -0.15) is 9.67 Å². The van der Waals surface area contributed by atoms with Crippen molar-refractivity contribution < 1.29 is 13.9 Å². The average Bonchev–Trinajstić information content (AvgIpc) is 3.17. The third-order valence-corrected chi connectivity index (χ3v) is 4.29. The molecule has 8 heteroatoms. The normalized spacial score (nSPS) is 10.5. The average molecular weight is 403 g/mol. The van der Waals surface area contributed by atoms with E-state index in [0.717, 1.165) is 17.1 Å². The van der Waals surface area contributed by atoms with E-state index in [2.05, 4.69) is 20.7 Å². The van der Waals surface area contributed by atoms with Gasteiger partial charge in [0.1, 0.15) is 11.6 Å². The molecule has 0 radical (unpaired) electrons. The number of methoxy groups -OCH3 is 1. The van der Waals surface area contributed by atoms with E-state index in [4.69, 9.17) is 4.74 Å². The van der Waals surface area contributed by atoms with Crippen LogP contribution in [-0.2, 0) is 0 Å². The summed E-state index contributed by atoms with van der Waals surface area (Å²) < 4.78 is 19.9. The Morgan fingerprint density at radius 3 is 2.33 bits per heavy atom. The van der Waals surface area contributed by atoms with Crippen molar-refractivity contribution in [1.29, 1.82) is 0 Å². The number of anilines is 3. The van der Waals surface area contributed by atoms with E-state index in [1.807, 2.05) is 54.6 Å². The summed E-state index contributed by atoms with van der Waals surface area (Å²) in [6.45, 7) is 0. The van der Waals surface area contributed by atoms with Crippen molar-refractivity contribution >= 4 is 23.5 Å². The molecule has 0 saturated heterocycles. The van der Waals surface area contributed by atoms with Gasteiger partial charge in [-0.3, -0.25) is 10.1 Å². The zero-order chi connectivity index (χ0) is 20.9. The molecule has 1 amide bonds. The van der Waals surface area contributed by atoms with Crippen molar-refractivity contribution in [2.45, 2.75) is 0 Å². The number of ether oxygens (including phenoxy) is 1. The van der Waals surface area contributed by atoms with Crippen molar-refractivity contribution in [2.24, 2.45) is 0 Å². The monoisotopic (exact) mass is 403 g/mol. The molecule has 1 aromatic heterocycles. The van der Waals surface area contributed by atoms with E-state index in [1.54, 1.807) is 11.8 Å². The zero-order valence-corrected chi connectivity index (χ0v) is 16.0. The van der Waals surface area contributed by atoms with Crippen LogP contribution in [0.25, 0.3) is 5.69 Å². The molecule has 0 aliphatic carbocycles. The number of carbonyl (C=O) groups is 1. The van der Waals surface area contributed by atoms with E-state index in [-0.39, 0.29) is 5.95 Å². The number of hydrogen-bond donors (Lipinski definition) is 2. The smallest absolute Gasteiger partial charge is 0.258 e. The first-order valence-corrected chi connectivity index (χ1v) is 9.13. The topological polar surface area (TPSA) is 81.1 Å². The van der Waals surface area contributed by atoms with Crippen LogP contribution in [0, 0.1) is 5.82 Å². The van der Waals surface area contributed by atoms with Gasteiger partial charge in [-0.05, 0) is 60.7 Å². The number of carbonyl (C=O) groups excluding carboxylic acids is 1. The summed E-state index contributed by atoms with van der Waals surface area (Å²) >= 11 is 0. The zero-order valence-electron chi connectivity index (χ0n) is 16.0. The van der Waals surface area contributed by atoms with Crippen LogP contribution in [0.4, 0.5) is 22.0 Å². The Bertz CT molecular complexity index is 1140. The third-order valence-electron chi connectivity index (χ3n) is 4.29. The van der Waals surface area contributed by atoms with Crippen LogP contribution < -0.4 is 15.4 Å². The van der Waals surface area contributed by atoms with E-state index >= 15 is 0 Å². The standard InChI is InChI=1S/C22H18FN5O2/c1-30-19-13-11-17(12-14-19)24-22-26-21(27-28(22)18-5-3-2-4-6-18)25-20(29)15-7-9-16(23)10-8-15/h2-14H,1H3,(H2,24,25,26,27,29). The molecule has 0 bridgehead atoms. The molecule has 0 saturated carbocycles. The van der Waals surface area contributed by atoms with Gasteiger partial charge in [-0.15, -0.1) is 5.10 Å². The van der Waals surface area contributed by atoms with Crippen LogP contribution in [0.5, 0.6) is 5.75 Å². The van der Waals surface area contributed by atoms with Crippen molar-refractivity contribution in [3.63, 3.8) is 0 Å². The maximum Gasteiger partial charge on any atom is 0.258 e. The van der Waals surface area contributed by atoms with Crippen molar-refractivity contribution in [2.75, 3.05) is 17.7 Å². The molecule has 0 spiro atoms. The molecule has 1 heterocycles. The molecule has 2 N–H and O–H groups in total. The van der Waals surface area contributed by atoms with Gasteiger partial charge in [0.15, 0.2) is 0 Å². The minimum absolute atomic E-state index is 0.115. The molecule has 0 unspecified atom stereocenters. The van der Waals surface area contributed by atoms with Gasteiger partial charge in [0.05, 0.1) is 12.8 Å². The first-order valence-electron chi connectivity index (χ1n) is 9.13. The molecular formula is C22H18FN5O2. The minimum Gasteiger partial charge on any atom is -0.497 e. The number of para-hydroxylation sites is 1. The molecule has 7 nitrogen and oxygen atoms in total. The van der Waals surface area contributed by atoms with Gasteiger partial charge in [0.25, 0.3) is 11.9 Å². The number of benzene rings is 3. The molecule has 0 fully saturated rings. The summed E-state index contributed by atoms with van der Waals surface area (Å²) in [5, 5.41) is 10.2. The fourth-order valence-corrected chi connectivity index (χ4v) is 2.77. The predicted octanol–water partition coefficient (Wildman–Crippen LogP) is 4.41. The van der Waals surface area contributed by atoms with Gasteiger partial charge in [-0.1, -0.05) is 18.2 Å². The predicted molar refractivity (Wildman–Crippen MR) is 112 cm³/mol. The first-order chi connectivity index (χ1) is 14.6. The van der Waals surface area contributed by atoms with E-state index in [1.165, 1.54) is 24.3 Å². The highest BCUT2D eigenvalue weighted by atomic mass is 19.1. The Morgan fingerprint density at radius 2 is 1.67 bits per heavy atom. The fraction of sp³-hybridized carbons (Fsp3) is 0.0455. The summed E-state index contributed by atoms with van der Waals surface area (Å²) in [5.41, 5.74) is 1.84. The van der Waals surface area contributed by atoms with Gasteiger partial charge in [0.2, 0.25) is 5.95 Å². The second-order valence-corrected chi connectivity index (χ2v) is 6.32. The molecule has 150 valence electrons. The summed E-state index contributed by atoms with van der Waals surface area (Å²) in [6, 6.07) is 22.0. The van der Waals surface area contributed by atoms with E-state index in [0.29, 0.717) is 11.5 Å². The van der Waals surface area contributed by atoms with Crippen LogP contribution in [0.3, 0.4) is 0 Å². The van der Waals surface area contributed by atoms with Gasteiger partial charge < -0.3 is 10.1 Å². The lowest BCUT2D eigenvalue weighted by molar-refractivity contribution is 0.102. The molecular weight excluding hydrogens is 385 g/mol. The maximum absolute atomic E-state index is 13.1. The van der Waals surface area contributed by atoms with Crippen molar-refractivity contribution in [3.8, 4) is 11.4 Å². The van der Waals surface area contributed by atoms with Crippen molar-refractivity contribution in [3.05, 3.63) is 90.2 Å². The minimum atomic E-state index is -0.434. The number of nitrogens with zero attached hydrogens (tertiary/aromatic N) is 3. The molecule has 4 rings (SSSR count).